The Hall–Kier alpha value is -3.09. The Balaban J connectivity index is 1.78. The minimum Gasteiger partial charge on any atom is -0.492 e. The molecule has 2 rings (SSSR count). The third-order valence-corrected chi connectivity index (χ3v) is 3.89. The van der Waals surface area contributed by atoms with Crippen molar-refractivity contribution in [1.82, 2.24) is 15.2 Å². The van der Waals surface area contributed by atoms with E-state index < -0.39 is 0 Å². The molecule has 0 spiro atoms. The summed E-state index contributed by atoms with van der Waals surface area (Å²) in [6.07, 6.45) is 0.291. The first-order valence-electron chi connectivity index (χ1n) is 9.49. The second-order valence-corrected chi connectivity index (χ2v) is 6.28. The standard InChI is InChI=1S/C21H29N5O2/c1-4-22-21(26(3)15-16-28-18-10-6-5-7-11-18)23-14-13-20(27)25-19-12-8-9-17(2)24-19/h5-12H,4,13-16H2,1-3H3,(H,22,23)(H,24,25,27). The van der Waals surface area contributed by atoms with E-state index in [4.69, 9.17) is 4.74 Å². The largest absolute Gasteiger partial charge is 0.492 e. The molecule has 0 unspecified atom stereocenters. The van der Waals surface area contributed by atoms with E-state index in [1.165, 1.54) is 0 Å². The lowest BCUT2D eigenvalue weighted by Crippen LogP contribution is -2.41. The van der Waals surface area contributed by atoms with Gasteiger partial charge < -0.3 is 20.3 Å². The fourth-order valence-electron chi connectivity index (χ4n) is 2.47. The second kappa shape index (κ2) is 11.6. The molecule has 0 saturated heterocycles. The zero-order valence-corrected chi connectivity index (χ0v) is 16.8. The van der Waals surface area contributed by atoms with Crippen LogP contribution in [0.3, 0.4) is 0 Å². The molecule has 0 aliphatic heterocycles. The first-order chi connectivity index (χ1) is 13.6. The summed E-state index contributed by atoms with van der Waals surface area (Å²) in [5, 5.41) is 6.04. The van der Waals surface area contributed by atoms with Crippen molar-refractivity contribution in [2.24, 2.45) is 4.99 Å². The van der Waals surface area contributed by atoms with Crippen LogP contribution in [0.15, 0.2) is 53.5 Å². The third kappa shape index (κ3) is 7.65. The van der Waals surface area contributed by atoms with Gasteiger partial charge in [0.15, 0.2) is 5.96 Å². The van der Waals surface area contributed by atoms with E-state index in [2.05, 4.69) is 20.6 Å². The predicted octanol–water partition coefficient (Wildman–Crippen LogP) is 2.69. The zero-order valence-electron chi connectivity index (χ0n) is 16.8. The molecular formula is C21H29N5O2. The average Bonchev–Trinajstić information content (AvgIpc) is 2.68. The Morgan fingerprint density at radius 3 is 2.68 bits per heavy atom. The maximum absolute atomic E-state index is 12.1. The molecule has 1 heterocycles. The number of hydrogen-bond acceptors (Lipinski definition) is 4. The molecule has 28 heavy (non-hydrogen) atoms. The van der Waals surface area contributed by atoms with Crippen molar-refractivity contribution in [1.29, 1.82) is 0 Å². The summed E-state index contributed by atoms with van der Waals surface area (Å²) < 4.78 is 5.73. The summed E-state index contributed by atoms with van der Waals surface area (Å²) in [5.41, 5.74) is 0.865. The van der Waals surface area contributed by atoms with Crippen molar-refractivity contribution in [3.63, 3.8) is 0 Å². The smallest absolute Gasteiger partial charge is 0.227 e. The van der Waals surface area contributed by atoms with E-state index >= 15 is 0 Å². The molecule has 7 nitrogen and oxygen atoms in total. The number of aromatic nitrogens is 1. The number of amides is 1. The topological polar surface area (TPSA) is 78.8 Å². The monoisotopic (exact) mass is 383 g/mol. The Morgan fingerprint density at radius 2 is 1.96 bits per heavy atom. The van der Waals surface area contributed by atoms with Crippen molar-refractivity contribution < 1.29 is 9.53 Å². The summed E-state index contributed by atoms with van der Waals surface area (Å²) in [6, 6.07) is 15.2. The van der Waals surface area contributed by atoms with Gasteiger partial charge in [0.05, 0.1) is 13.1 Å². The molecule has 2 aromatic rings. The highest BCUT2D eigenvalue weighted by atomic mass is 16.5. The minimum atomic E-state index is -0.104. The predicted molar refractivity (Wildman–Crippen MR) is 113 cm³/mol. The average molecular weight is 383 g/mol. The molecule has 150 valence electrons. The number of benzene rings is 1. The van der Waals surface area contributed by atoms with E-state index in [1.807, 2.05) is 68.3 Å². The maximum atomic E-state index is 12.1. The summed E-state index contributed by atoms with van der Waals surface area (Å²) >= 11 is 0. The first kappa shape index (κ1) is 21.2. The first-order valence-corrected chi connectivity index (χ1v) is 9.49. The van der Waals surface area contributed by atoms with Gasteiger partial charge in [-0.2, -0.15) is 0 Å². The molecule has 0 fully saturated rings. The van der Waals surface area contributed by atoms with Gasteiger partial charge in [0.25, 0.3) is 0 Å². The number of aryl methyl sites for hydroxylation is 1. The summed E-state index contributed by atoms with van der Waals surface area (Å²) in [7, 11) is 1.95. The number of nitrogens with zero attached hydrogens (tertiary/aromatic N) is 3. The van der Waals surface area contributed by atoms with Crippen LogP contribution >= 0.6 is 0 Å². The number of carbonyl (C=O) groups is 1. The van der Waals surface area contributed by atoms with Crippen LogP contribution in [0.4, 0.5) is 5.82 Å². The summed E-state index contributed by atoms with van der Waals surface area (Å²) in [4.78, 5) is 22.9. The van der Waals surface area contributed by atoms with Gasteiger partial charge in [0, 0.05) is 25.7 Å². The molecule has 0 radical (unpaired) electrons. The lowest BCUT2D eigenvalue weighted by Gasteiger charge is -2.22. The highest BCUT2D eigenvalue weighted by Gasteiger charge is 2.07. The van der Waals surface area contributed by atoms with Crippen LogP contribution in [0, 0.1) is 6.92 Å². The number of guanidine groups is 1. The van der Waals surface area contributed by atoms with Crippen LogP contribution in [-0.2, 0) is 4.79 Å². The van der Waals surface area contributed by atoms with Crippen molar-refractivity contribution in [3.05, 3.63) is 54.2 Å². The number of rotatable bonds is 9. The normalized spacial score (nSPS) is 11.0. The molecule has 2 N–H and O–H groups in total. The number of carbonyl (C=O) groups excluding carboxylic acids is 1. The number of aliphatic imine (C=N–C) groups is 1. The lowest BCUT2D eigenvalue weighted by molar-refractivity contribution is -0.116. The van der Waals surface area contributed by atoms with Crippen molar-refractivity contribution in [2.75, 3.05) is 38.6 Å². The van der Waals surface area contributed by atoms with Gasteiger partial charge in [0.2, 0.25) is 5.91 Å². The Kier molecular flexibility index (Phi) is 8.78. The van der Waals surface area contributed by atoms with Crippen molar-refractivity contribution >= 4 is 17.7 Å². The van der Waals surface area contributed by atoms with Gasteiger partial charge in [-0.3, -0.25) is 9.79 Å². The van der Waals surface area contributed by atoms with Crippen LogP contribution in [0.2, 0.25) is 0 Å². The molecule has 1 aromatic carbocycles. The van der Waals surface area contributed by atoms with E-state index in [0.29, 0.717) is 31.9 Å². The Morgan fingerprint density at radius 1 is 1.18 bits per heavy atom. The van der Waals surface area contributed by atoms with Gasteiger partial charge in [-0.05, 0) is 38.1 Å². The molecule has 1 amide bonds. The van der Waals surface area contributed by atoms with Crippen LogP contribution < -0.4 is 15.4 Å². The number of pyridine rings is 1. The molecular weight excluding hydrogens is 354 g/mol. The van der Waals surface area contributed by atoms with E-state index in [1.54, 1.807) is 6.07 Å². The maximum Gasteiger partial charge on any atom is 0.227 e. The minimum absolute atomic E-state index is 0.104. The number of hydrogen-bond donors (Lipinski definition) is 2. The number of ether oxygens (including phenoxy) is 1. The van der Waals surface area contributed by atoms with E-state index in [0.717, 1.165) is 23.9 Å². The zero-order chi connectivity index (χ0) is 20.2. The fourth-order valence-corrected chi connectivity index (χ4v) is 2.47. The number of likely N-dealkylation sites (N-methyl/N-ethyl adjacent to an activating group) is 1. The van der Waals surface area contributed by atoms with Crippen molar-refractivity contribution in [2.45, 2.75) is 20.3 Å². The van der Waals surface area contributed by atoms with Gasteiger partial charge >= 0.3 is 0 Å². The third-order valence-electron chi connectivity index (χ3n) is 3.89. The Bertz CT molecular complexity index is 764. The van der Waals surface area contributed by atoms with Gasteiger partial charge in [-0.15, -0.1) is 0 Å². The highest BCUT2D eigenvalue weighted by molar-refractivity contribution is 5.90. The molecule has 7 heteroatoms. The quantitative estimate of drug-likeness (QED) is 0.514. The van der Waals surface area contributed by atoms with E-state index in [9.17, 15) is 4.79 Å². The fraction of sp³-hybridized carbons (Fsp3) is 0.381. The number of anilines is 1. The van der Waals surface area contributed by atoms with Crippen LogP contribution in [0.5, 0.6) is 5.75 Å². The molecule has 0 bridgehead atoms. The summed E-state index contributed by atoms with van der Waals surface area (Å²) in [5.74, 6) is 2.06. The second-order valence-electron chi connectivity index (χ2n) is 6.28. The highest BCUT2D eigenvalue weighted by Crippen LogP contribution is 2.08. The lowest BCUT2D eigenvalue weighted by atomic mass is 10.3. The number of para-hydroxylation sites is 1. The van der Waals surface area contributed by atoms with Gasteiger partial charge in [0.1, 0.15) is 18.2 Å². The molecule has 0 atom stereocenters. The van der Waals surface area contributed by atoms with Crippen molar-refractivity contribution in [3.8, 4) is 5.75 Å². The Labute approximate surface area is 166 Å². The van der Waals surface area contributed by atoms with E-state index in [-0.39, 0.29) is 5.91 Å². The molecule has 0 aliphatic carbocycles. The SMILES string of the molecule is CCNC(=NCCC(=O)Nc1cccc(C)n1)N(C)CCOc1ccccc1. The van der Waals surface area contributed by atoms with Crippen LogP contribution in [-0.4, -0.2) is 55.0 Å². The molecule has 1 aromatic heterocycles. The van der Waals surface area contributed by atoms with Gasteiger partial charge in [-0.25, -0.2) is 4.98 Å². The molecule has 0 saturated carbocycles. The molecule has 0 aliphatic rings. The summed E-state index contributed by atoms with van der Waals surface area (Å²) in [6.45, 7) is 6.27. The van der Waals surface area contributed by atoms with Gasteiger partial charge in [-0.1, -0.05) is 24.3 Å². The number of nitrogens with one attached hydrogen (secondary N) is 2. The van der Waals surface area contributed by atoms with Crippen LogP contribution in [0.1, 0.15) is 19.0 Å². The van der Waals surface area contributed by atoms with Crippen LogP contribution in [0.25, 0.3) is 0 Å².